The van der Waals surface area contributed by atoms with Crippen LogP contribution in [0, 0.1) is 0 Å². The normalized spacial score (nSPS) is 26.9. The van der Waals surface area contributed by atoms with Gasteiger partial charge in [0.25, 0.3) is 0 Å². The lowest BCUT2D eigenvalue weighted by Crippen LogP contribution is -2.46. The molecule has 1 unspecified atom stereocenters. The summed E-state index contributed by atoms with van der Waals surface area (Å²) in [5.41, 5.74) is -0.544. The van der Waals surface area contributed by atoms with Crippen LogP contribution in [0.5, 0.6) is 0 Å². The molecule has 1 aliphatic heterocycles. The molecular weight excluding hydrogens is 313 g/mol. The minimum atomic E-state index is -0.544. The molecule has 0 spiro atoms. The van der Waals surface area contributed by atoms with E-state index in [4.69, 9.17) is 0 Å². The first kappa shape index (κ1) is 14.3. The molecule has 4 nitrogen and oxygen atoms in total. The molecule has 3 N–H and O–H groups in total. The van der Waals surface area contributed by atoms with Gasteiger partial charge >= 0.3 is 0 Å². The Bertz CT molecular complexity index is 195. The number of thioether (sulfide) groups is 1. The maximum Gasteiger partial charge on any atom is 0.190 e. The first-order chi connectivity index (χ1) is 6.20. The van der Waals surface area contributed by atoms with Gasteiger partial charge in [0.2, 0.25) is 0 Å². The second-order valence-corrected chi connectivity index (χ2v) is 4.31. The van der Waals surface area contributed by atoms with Gasteiger partial charge in [-0.2, -0.15) is 11.8 Å². The van der Waals surface area contributed by atoms with Crippen LogP contribution in [-0.2, 0) is 0 Å². The van der Waals surface area contributed by atoms with E-state index in [-0.39, 0.29) is 24.0 Å². The van der Waals surface area contributed by atoms with E-state index in [2.05, 4.69) is 15.6 Å². The summed E-state index contributed by atoms with van der Waals surface area (Å²) < 4.78 is 0. The van der Waals surface area contributed by atoms with Crippen molar-refractivity contribution in [1.82, 2.24) is 10.6 Å². The van der Waals surface area contributed by atoms with Crippen molar-refractivity contribution in [3.05, 3.63) is 0 Å². The summed E-state index contributed by atoms with van der Waals surface area (Å²) in [7, 11) is 3.52. The van der Waals surface area contributed by atoms with Crippen LogP contribution in [0.3, 0.4) is 0 Å². The van der Waals surface area contributed by atoms with Crippen LogP contribution in [0.2, 0.25) is 0 Å². The van der Waals surface area contributed by atoms with Crippen molar-refractivity contribution < 1.29 is 5.11 Å². The van der Waals surface area contributed by atoms with Gasteiger partial charge in [0, 0.05) is 26.4 Å². The van der Waals surface area contributed by atoms with E-state index in [1.54, 1.807) is 18.8 Å². The zero-order valence-electron chi connectivity index (χ0n) is 8.54. The van der Waals surface area contributed by atoms with Gasteiger partial charge in [-0.1, -0.05) is 0 Å². The average Bonchev–Trinajstić information content (AvgIpc) is 2.55. The summed E-state index contributed by atoms with van der Waals surface area (Å²) in [6, 6.07) is 0. The third-order valence-corrected chi connectivity index (χ3v) is 3.36. The fourth-order valence-electron chi connectivity index (χ4n) is 1.26. The van der Waals surface area contributed by atoms with Gasteiger partial charge < -0.3 is 15.7 Å². The Morgan fingerprint density at radius 1 is 1.64 bits per heavy atom. The van der Waals surface area contributed by atoms with Crippen LogP contribution < -0.4 is 10.6 Å². The number of guanidine groups is 1. The lowest BCUT2D eigenvalue weighted by atomic mass is 10.0. The maximum atomic E-state index is 9.97. The molecule has 0 aromatic rings. The summed E-state index contributed by atoms with van der Waals surface area (Å²) >= 11 is 1.80. The average molecular weight is 331 g/mol. The second-order valence-electron chi connectivity index (χ2n) is 3.20. The van der Waals surface area contributed by atoms with Crippen LogP contribution in [0.1, 0.15) is 6.42 Å². The van der Waals surface area contributed by atoms with Crippen molar-refractivity contribution in [2.24, 2.45) is 4.99 Å². The number of nitrogens with one attached hydrogen (secondary N) is 2. The molecule has 0 bridgehead atoms. The highest BCUT2D eigenvalue weighted by Gasteiger charge is 2.31. The van der Waals surface area contributed by atoms with Crippen molar-refractivity contribution in [2.45, 2.75) is 12.0 Å². The Kier molecular flexibility index (Phi) is 6.88. The Balaban J connectivity index is 0.00000169. The second kappa shape index (κ2) is 6.73. The van der Waals surface area contributed by atoms with Crippen molar-refractivity contribution in [2.75, 3.05) is 32.1 Å². The molecule has 0 amide bonds. The lowest BCUT2D eigenvalue weighted by molar-refractivity contribution is 0.0725. The molecule has 0 saturated carbocycles. The molecule has 14 heavy (non-hydrogen) atoms. The van der Waals surface area contributed by atoms with Crippen LogP contribution in [-0.4, -0.2) is 48.8 Å². The number of aliphatic imine (C=N–C) groups is 1. The summed E-state index contributed by atoms with van der Waals surface area (Å²) in [6.45, 7) is 0.577. The molecule has 0 aliphatic carbocycles. The van der Waals surface area contributed by atoms with Gasteiger partial charge in [-0.25, -0.2) is 0 Å². The molecule has 1 atom stereocenters. The van der Waals surface area contributed by atoms with Crippen LogP contribution in [0.4, 0.5) is 0 Å². The summed E-state index contributed by atoms with van der Waals surface area (Å²) in [4.78, 5) is 3.98. The summed E-state index contributed by atoms with van der Waals surface area (Å²) in [5.74, 6) is 2.60. The van der Waals surface area contributed by atoms with Gasteiger partial charge in [-0.05, 0) is 12.2 Å². The Labute approximate surface area is 106 Å². The van der Waals surface area contributed by atoms with E-state index < -0.39 is 5.60 Å². The molecule has 1 heterocycles. The van der Waals surface area contributed by atoms with Crippen LogP contribution in [0.15, 0.2) is 4.99 Å². The molecule has 1 saturated heterocycles. The highest BCUT2D eigenvalue weighted by Crippen LogP contribution is 2.26. The molecule has 0 aromatic carbocycles. The smallest absolute Gasteiger partial charge is 0.190 e. The van der Waals surface area contributed by atoms with E-state index in [1.165, 1.54) is 0 Å². The first-order valence-electron chi connectivity index (χ1n) is 4.39. The zero-order chi connectivity index (χ0) is 9.73. The summed E-state index contributed by atoms with van der Waals surface area (Å²) in [5, 5.41) is 16.0. The quantitative estimate of drug-likeness (QED) is 0.386. The minimum Gasteiger partial charge on any atom is -0.387 e. The van der Waals surface area contributed by atoms with Gasteiger partial charge in [-0.3, -0.25) is 4.99 Å². The predicted octanol–water partition coefficient (Wildman–Crippen LogP) is 0.267. The lowest BCUT2D eigenvalue weighted by Gasteiger charge is -2.22. The molecule has 0 aromatic heterocycles. The number of hydrogen-bond donors (Lipinski definition) is 3. The molecule has 1 aliphatic rings. The predicted molar refractivity (Wildman–Crippen MR) is 72.7 cm³/mol. The standard InChI is InChI=1S/C8H17N3OS.HI/c1-9-7(10-2)11-5-8(12)3-4-13-6-8;/h12H,3-6H2,1-2H3,(H2,9,10,11);1H. The van der Waals surface area contributed by atoms with Gasteiger partial charge in [-0.15, -0.1) is 24.0 Å². The molecule has 84 valence electrons. The molecule has 1 fully saturated rings. The Morgan fingerprint density at radius 2 is 2.36 bits per heavy atom. The topological polar surface area (TPSA) is 56.7 Å². The van der Waals surface area contributed by atoms with E-state index in [0.717, 1.165) is 23.9 Å². The molecule has 0 radical (unpaired) electrons. The first-order valence-corrected chi connectivity index (χ1v) is 5.54. The van der Waals surface area contributed by atoms with E-state index in [0.29, 0.717) is 6.54 Å². The number of rotatable bonds is 2. The van der Waals surface area contributed by atoms with Crippen molar-refractivity contribution in [3.8, 4) is 0 Å². The highest BCUT2D eigenvalue weighted by molar-refractivity contribution is 14.0. The summed E-state index contributed by atoms with van der Waals surface area (Å²) in [6.07, 6.45) is 0.866. The van der Waals surface area contributed by atoms with Gasteiger partial charge in [0.05, 0.1) is 5.60 Å². The Hall–Kier alpha value is 0.310. The van der Waals surface area contributed by atoms with Crippen molar-refractivity contribution in [3.63, 3.8) is 0 Å². The Morgan fingerprint density at radius 3 is 2.79 bits per heavy atom. The highest BCUT2D eigenvalue weighted by atomic mass is 127. The maximum absolute atomic E-state index is 9.97. The fraction of sp³-hybridized carbons (Fsp3) is 0.875. The van der Waals surface area contributed by atoms with Crippen LogP contribution in [0.25, 0.3) is 0 Å². The van der Waals surface area contributed by atoms with Crippen LogP contribution >= 0.6 is 35.7 Å². The fourth-order valence-corrected chi connectivity index (χ4v) is 2.56. The SMILES string of the molecule is CN=C(NC)NCC1(O)CCSC1.I. The van der Waals surface area contributed by atoms with Crippen molar-refractivity contribution >= 4 is 41.7 Å². The molecular formula is C8H18IN3OS. The third kappa shape index (κ3) is 4.22. The van der Waals surface area contributed by atoms with Crippen molar-refractivity contribution in [1.29, 1.82) is 0 Å². The number of halogens is 1. The van der Waals surface area contributed by atoms with E-state index >= 15 is 0 Å². The minimum absolute atomic E-state index is 0. The van der Waals surface area contributed by atoms with Gasteiger partial charge in [0.1, 0.15) is 0 Å². The number of nitrogens with zero attached hydrogens (tertiary/aromatic N) is 1. The zero-order valence-corrected chi connectivity index (χ0v) is 11.7. The number of aliphatic hydroxyl groups is 1. The number of hydrogen-bond acceptors (Lipinski definition) is 3. The molecule has 6 heteroatoms. The molecule has 1 rings (SSSR count). The van der Waals surface area contributed by atoms with Gasteiger partial charge in [0.15, 0.2) is 5.96 Å². The largest absolute Gasteiger partial charge is 0.387 e. The van der Waals surface area contributed by atoms with E-state index in [1.807, 2.05) is 7.05 Å². The monoisotopic (exact) mass is 331 g/mol. The van der Waals surface area contributed by atoms with E-state index in [9.17, 15) is 5.11 Å². The third-order valence-electron chi connectivity index (χ3n) is 2.13.